The summed E-state index contributed by atoms with van der Waals surface area (Å²) in [5.74, 6) is -0.165. The first kappa shape index (κ1) is 17.7. The fraction of sp³-hybridized carbons (Fsp3) is 0.611. The van der Waals surface area contributed by atoms with Crippen LogP contribution >= 0.6 is 0 Å². The van der Waals surface area contributed by atoms with Gasteiger partial charge in [-0.25, -0.2) is 0 Å². The van der Waals surface area contributed by atoms with Crippen LogP contribution in [0.3, 0.4) is 0 Å². The van der Waals surface area contributed by atoms with Gasteiger partial charge in [0.25, 0.3) is 0 Å². The third kappa shape index (κ3) is 5.50. The molecule has 0 radical (unpaired) electrons. The first-order valence-electron chi connectivity index (χ1n) is 7.45. The molecule has 0 aliphatic rings. The molecule has 21 heavy (non-hydrogen) atoms. The first-order chi connectivity index (χ1) is 9.52. The van der Waals surface area contributed by atoms with Gasteiger partial charge in [-0.1, -0.05) is 24.3 Å². The molecule has 0 saturated heterocycles. The highest BCUT2D eigenvalue weighted by molar-refractivity contribution is 5.75. The second kappa shape index (κ2) is 6.61. The number of likely N-dealkylation sites (N-methyl/N-ethyl adjacent to an activating group) is 1. The van der Waals surface area contributed by atoms with E-state index in [0.29, 0.717) is 6.61 Å². The summed E-state index contributed by atoms with van der Waals surface area (Å²) in [6.07, 6.45) is 0.959. The molecule has 0 saturated carbocycles. The Hall–Kier alpha value is -1.35. The molecule has 0 bridgehead atoms. The number of rotatable bonds is 5. The maximum atomic E-state index is 11.8. The van der Waals surface area contributed by atoms with E-state index in [4.69, 9.17) is 4.74 Å². The normalized spacial score (nSPS) is 12.6. The van der Waals surface area contributed by atoms with Crippen molar-refractivity contribution < 1.29 is 9.53 Å². The van der Waals surface area contributed by atoms with Gasteiger partial charge in [0.05, 0.1) is 5.41 Å². The van der Waals surface area contributed by atoms with Crippen LogP contribution in [0.1, 0.15) is 45.7 Å². The van der Waals surface area contributed by atoms with Crippen molar-refractivity contribution in [1.82, 2.24) is 4.90 Å². The molecule has 0 aromatic heterocycles. The van der Waals surface area contributed by atoms with E-state index >= 15 is 0 Å². The average Bonchev–Trinajstić information content (AvgIpc) is 2.34. The van der Waals surface area contributed by atoms with Crippen LogP contribution in [-0.4, -0.2) is 30.5 Å². The van der Waals surface area contributed by atoms with Crippen molar-refractivity contribution in [2.45, 2.75) is 53.2 Å². The number of carbonyl (C=O) groups excluding carboxylic acids is 1. The largest absolute Gasteiger partial charge is 0.460 e. The highest BCUT2D eigenvalue weighted by Crippen LogP contribution is 2.20. The second-order valence-corrected chi connectivity index (χ2v) is 7.53. The van der Waals surface area contributed by atoms with Crippen LogP contribution in [0.2, 0.25) is 0 Å². The van der Waals surface area contributed by atoms with Crippen molar-refractivity contribution in [3.63, 3.8) is 0 Å². The first-order valence-corrected chi connectivity index (χ1v) is 7.45. The smallest absolute Gasteiger partial charge is 0.311 e. The lowest BCUT2D eigenvalue weighted by molar-refractivity contribution is -0.154. The zero-order chi connectivity index (χ0) is 16.3. The number of benzene rings is 1. The molecule has 3 nitrogen and oxygen atoms in total. The second-order valence-electron chi connectivity index (χ2n) is 7.53. The van der Waals surface area contributed by atoms with E-state index in [1.165, 1.54) is 5.56 Å². The minimum absolute atomic E-state index is 0.0979. The predicted molar refractivity (Wildman–Crippen MR) is 87.2 cm³/mol. The fourth-order valence-corrected chi connectivity index (χ4v) is 1.85. The molecule has 0 spiro atoms. The molecule has 0 atom stereocenters. The topological polar surface area (TPSA) is 29.5 Å². The summed E-state index contributed by atoms with van der Waals surface area (Å²) in [4.78, 5) is 14.0. The average molecular weight is 291 g/mol. The Morgan fingerprint density at radius 3 is 2.19 bits per heavy atom. The molecule has 118 valence electrons. The molecule has 1 aromatic rings. The minimum Gasteiger partial charge on any atom is -0.460 e. The van der Waals surface area contributed by atoms with Gasteiger partial charge in [-0.3, -0.25) is 4.79 Å². The number of nitrogens with zero attached hydrogens (tertiary/aromatic N) is 1. The van der Waals surface area contributed by atoms with Gasteiger partial charge in [0, 0.05) is 5.54 Å². The highest BCUT2D eigenvalue weighted by atomic mass is 16.5. The SMILES string of the molecule is CN(C)C(C)(C)Cc1cccc(COC(=O)C(C)(C)C)c1. The molecule has 1 rings (SSSR count). The van der Waals surface area contributed by atoms with Gasteiger partial charge in [-0.05, 0) is 66.3 Å². The lowest BCUT2D eigenvalue weighted by Gasteiger charge is -2.32. The van der Waals surface area contributed by atoms with E-state index in [1.54, 1.807) is 0 Å². The summed E-state index contributed by atoms with van der Waals surface area (Å²) < 4.78 is 5.38. The minimum atomic E-state index is -0.454. The molecule has 0 heterocycles. The van der Waals surface area contributed by atoms with Crippen LogP contribution in [0, 0.1) is 5.41 Å². The summed E-state index contributed by atoms with van der Waals surface area (Å²) in [6.45, 7) is 10.4. The van der Waals surface area contributed by atoms with Crippen molar-refractivity contribution in [2.24, 2.45) is 5.41 Å². The fourth-order valence-electron chi connectivity index (χ4n) is 1.85. The van der Waals surface area contributed by atoms with Crippen molar-refractivity contribution in [2.75, 3.05) is 14.1 Å². The predicted octanol–water partition coefficient (Wildman–Crippen LogP) is 3.66. The Kier molecular flexibility index (Phi) is 5.57. The van der Waals surface area contributed by atoms with Crippen LogP contribution < -0.4 is 0 Å². The number of esters is 1. The van der Waals surface area contributed by atoms with Crippen molar-refractivity contribution in [3.05, 3.63) is 35.4 Å². The number of ether oxygens (including phenoxy) is 1. The van der Waals surface area contributed by atoms with E-state index in [0.717, 1.165) is 12.0 Å². The van der Waals surface area contributed by atoms with Crippen molar-refractivity contribution in [1.29, 1.82) is 0 Å². The van der Waals surface area contributed by atoms with E-state index < -0.39 is 5.41 Å². The van der Waals surface area contributed by atoms with Gasteiger partial charge < -0.3 is 9.64 Å². The van der Waals surface area contributed by atoms with Crippen LogP contribution in [0.4, 0.5) is 0 Å². The standard InChI is InChI=1S/C18H29NO2/c1-17(2,3)16(20)21-13-15-10-8-9-14(11-15)12-18(4,5)19(6)7/h8-11H,12-13H2,1-7H3. The van der Waals surface area contributed by atoms with Crippen LogP contribution in [0.5, 0.6) is 0 Å². The van der Waals surface area contributed by atoms with Crippen molar-refractivity contribution in [3.8, 4) is 0 Å². The van der Waals surface area contributed by atoms with E-state index in [-0.39, 0.29) is 11.5 Å². The third-order valence-electron chi connectivity index (χ3n) is 3.82. The summed E-state index contributed by atoms with van der Waals surface area (Å²) in [7, 11) is 4.18. The maximum Gasteiger partial charge on any atom is 0.311 e. The number of carbonyl (C=O) groups is 1. The Labute approximate surface area is 129 Å². The van der Waals surface area contributed by atoms with E-state index in [2.05, 4.69) is 45.0 Å². The van der Waals surface area contributed by atoms with Gasteiger partial charge in [0.2, 0.25) is 0 Å². The number of hydrogen-bond acceptors (Lipinski definition) is 3. The highest BCUT2D eigenvalue weighted by Gasteiger charge is 2.23. The van der Waals surface area contributed by atoms with Crippen LogP contribution in [0.25, 0.3) is 0 Å². The molecule has 0 fully saturated rings. The zero-order valence-corrected chi connectivity index (χ0v) is 14.5. The summed E-state index contributed by atoms with van der Waals surface area (Å²) >= 11 is 0. The van der Waals surface area contributed by atoms with E-state index in [1.807, 2.05) is 32.9 Å². The molecule has 0 amide bonds. The Balaban J connectivity index is 2.71. The molecule has 0 aliphatic heterocycles. The third-order valence-corrected chi connectivity index (χ3v) is 3.82. The van der Waals surface area contributed by atoms with Gasteiger partial charge in [-0.15, -0.1) is 0 Å². The Bertz CT molecular complexity index is 484. The zero-order valence-electron chi connectivity index (χ0n) is 14.5. The van der Waals surface area contributed by atoms with Gasteiger partial charge in [0.15, 0.2) is 0 Å². The maximum absolute atomic E-state index is 11.8. The van der Waals surface area contributed by atoms with Gasteiger partial charge in [0.1, 0.15) is 6.61 Å². The van der Waals surface area contributed by atoms with Crippen LogP contribution in [-0.2, 0) is 22.6 Å². The molecule has 1 aromatic carbocycles. The summed E-state index contributed by atoms with van der Waals surface area (Å²) in [5, 5.41) is 0. The lowest BCUT2D eigenvalue weighted by atomic mass is 9.93. The molecule has 0 unspecified atom stereocenters. The lowest BCUT2D eigenvalue weighted by Crippen LogP contribution is -2.40. The van der Waals surface area contributed by atoms with Gasteiger partial charge >= 0.3 is 5.97 Å². The monoisotopic (exact) mass is 291 g/mol. The molecular formula is C18H29NO2. The van der Waals surface area contributed by atoms with Crippen LogP contribution in [0.15, 0.2) is 24.3 Å². The molecule has 3 heteroatoms. The molecular weight excluding hydrogens is 262 g/mol. The number of hydrogen-bond donors (Lipinski definition) is 0. The quantitative estimate of drug-likeness (QED) is 0.775. The molecule has 0 aliphatic carbocycles. The Morgan fingerprint density at radius 1 is 1.10 bits per heavy atom. The van der Waals surface area contributed by atoms with E-state index in [9.17, 15) is 4.79 Å². The molecule has 0 N–H and O–H groups in total. The van der Waals surface area contributed by atoms with Crippen molar-refractivity contribution >= 4 is 5.97 Å². The summed E-state index contributed by atoms with van der Waals surface area (Å²) in [6, 6.07) is 8.28. The summed E-state index contributed by atoms with van der Waals surface area (Å²) in [5.41, 5.74) is 1.95. The van der Waals surface area contributed by atoms with Gasteiger partial charge in [-0.2, -0.15) is 0 Å². The Morgan fingerprint density at radius 2 is 1.67 bits per heavy atom.